The molecule has 3 nitrogen and oxygen atoms in total. The van der Waals surface area contributed by atoms with Gasteiger partial charge in [-0.2, -0.15) is 0 Å². The monoisotopic (exact) mass is 499 g/mol. The van der Waals surface area contributed by atoms with Gasteiger partial charge in [0.15, 0.2) is 0 Å². The highest BCUT2D eigenvalue weighted by Crippen LogP contribution is 2.36. The maximum atomic E-state index is 13.9. The maximum absolute atomic E-state index is 13.9. The Morgan fingerprint density at radius 3 is 2.39 bits per heavy atom. The minimum absolute atomic E-state index is 0.193. The molecule has 33 heavy (non-hydrogen) atoms. The summed E-state index contributed by atoms with van der Waals surface area (Å²) < 4.78 is 20.9. The normalized spacial score (nSPS) is 14.8. The number of hydrogen-bond acceptors (Lipinski definition) is 2. The van der Waals surface area contributed by atoms with Gasteiger partial charge in [-0.15, -0.1) is 0 Å². The van der Waals surface area contributed by atoms with E-state index in [0.717, 1.165) is 27.1 Å². The molecule has 4 aromatic rings. The van der Waals surface area contributed by atoms with Crippen LogP contribution in [-0.2, 0) is 4.79 Å². The lowest BCUT2D eigenvalue weighted by Gasteiger charge is -2.21. The van der Waals surface area contributed by atoms with Gasteiger partial charge in [0.1, 0.15) is 17.3 Å². The lowest BCUT2D eigenvalue weighted by atomic mass is 10.1. The van der Waals surface area contributed by atoms with E-state index in [9.17, 15) is 9.18 Å². The predicted molar refractivity (Wildman–Crippen MR) is 133 cm³/mol. The number of hydrogen-bond donors (Lipinski definition) is 0. The zero-order chi connectivity index (χ0) is 22.9. The van der Waals surface area contributed by atoms with Gasteiger partial charge in [-0.25, -0.2) is 4.39 Å². The Hall–Kier alpha value is -3.70. The summed E-state index contributed by atoms with van der Waals surface area (Å²) in [7, 11) is 0. The smallest absolute Gasteiger partial charge is 0.263 e. The van der Waals surface area contributed by atoms with Crippen LogP contribution in [0.15, 0.2) is 105 Å². The van der Waals surface area contributed by atoms with Gasteiger partial charge in [-0.1, -0.05) is 58.4 Å². The summed E-state index contributed by atoms with van der Waals surface area (Å²) in [6, 6.07) is 25.9. The van der Waals surface area contributed by atoms with Crippen LogP contribution in [0.3, 0.4) is 0 Å². The molecule has 1 amide bonds. The molecule has 0 N–H and O–H groups in total. The summed E-state index contributed by atoms with van der Waals surface area (Å²) in [6.07, 6.45) is 3.59. The van der Waals surface area contributed by atoms with E-state index in [-0.39, 0.29) is 11.7 Å². The molecule has 0 fully saturated rings. The molecule has 0 saturated heterocycles. The first-order chi connectivity index (χ1) is 16.0. The number of halogens is 2. The van der Waals surface area contributed by atoms with Gasteiger partial charge >= 0.3 is 0 Å². The Bertz CT molecular complexity index is 1400. The Morgan fingerprint density at radius 1 is 0.909 bits per heavy atom. The average molecular weight is 500 g/mol. The molecule has 3 aromatic carbocycles. The Morgan fingerprint density at radius 2 is 1.67 bits per heavy atom. The molecule has 0 unspecified atom stereocenters. The fourth-order valence-electron chi connectivity index (χ4n) is 3.81. The van der Waals surface area contributed by atoms with E-state index < -0.39 is 0 Å². The maximum Gasteiger partial charge on any atom is 0.263 e. The van der Waals surface area contributed by atoms with Crippen LogP contribution in [0.4, 0.5) is 10.1 Å². The van der Waals surface area contributed by atoms with Crippen molar-refractivity contribution in [2.45, 2.75) is 6.92 Å². The number of anilines is 1. The summed E-state index contributed by atoms with van der Waals surface area (Å²) in [5.74, 6) is 0.805. The number of carbonyl (C=O) groups excluding carboxylic acids is 1. The van der Waals surface area contributed by atoms with Crippen LogP contribution in [0.2, 0.25) is 0 Å². The number of benzene rings is 3. The molecule has 0 spiro atoms. The van der Waals surface area contributed by atoms with E-state index in [4.69, 9.17) is 4.42 Å². The minimum Gasteiger partial charge on any atom is -0.457 e. The highest BCUT2D eigenvalue weighted by atomic mass is 79.9. The average Bonchev–Trinajstić information content (AvgIpc) is 3.42. The second-order valence-electron chi connectivity index (χ2n) is 7.78. The molecule has 0 radical (unpaired) electrons. The predicted octanol–water partition coefficient (Wildman–Crippen LogP) is 7.63. The molecule has 0 aliphatic carbocycles. The van der Waals surface area contributed by atoms with E-state index >= 15 is 0 Å². The van der Waals surface area contributed by atoms with Crippen molar-refractivity contribution in [3.05, 3.63) is 124 Å². The van der Waals surface area contributed by atoms with Crippen molar-refractivity contribution < 1.29 is 13.6 Å². The molecule has 1 aliphatic rings. The third kappa shape index (κ3) is 4.20. The summed E-state index contributed by atoms with van der Waals surface area (Å²) in [5.41, 5.74) is 4.17. The van der Waals surface area contributed by atoms with Crippen molar-refractivity contribution in [1.29, 1.82) is 0 Å². The molecule has 2 heterocycles. The van der Waals surface area contributed by atoms with Gasteiger partial charge in [0, 0.05) is 21.3 Å². The molecular formula is C28H19BrFNO2. The van der Waals surface area contributed by atoms with Crippen molar-refractivity contribution in [2.75, 3.05) is 4.90 Å². The van der Waals surface area contributed by atoms with Crippen LogP contribution in [-0.4, -0.2) is 5.91 Å². The number of rotatable bonds is 4. The first kappa shape index (κ1) is 21.2. The largest absolute Gasteiger partial charge is 0.457 e. The molecular weight excluding hydrogens is 481 g/mol. The minimum atomic E-state index is -0.303. The fraction of sp³-hybridized carbons (Fsp3) is 0.0357. The van der Waals surface area contributed by atoms with E-state index in [1.807, 2.05) is 72.8 Å². The molecule has 162 valence electrons. The molecule has 5 heteroatoms. The second-order valence-corrected chi connectivity index (χ2v) is 8.69. The number of aryl methyl sites for hydroxylation is 1. The molecule has 1 aliphatic heterocycles. The topological polar surface area (TPSA) is 33.5 Å². The lowest BCUT2D eigenvalue weighted by molar-refractivity contribution is -0.113. The van der Waals surface area contributed by atoms with Crippen LogP contribution in [0, 0.1) is 12.7 Å². The summed E-state index contributed by atoms with van der Waals surface area (Å²) in [4.78, 5) is 15.1. The van der Waals surface area contributed by atoms with Crippen LogP contribution in [0.1, 0.15) is 16.9 Å². The number of furan rings is 1. The quantitative estimate of drug-likeness (QED) is 0.270. The highest BCUT2D eigenvalue weighted by molar-refractivity contribution is 9.10. The zero-order valence-corrected chi connectivity index (χ0v) is 19.3. The molecule has 0 atom stereocenters. The summed E-state index contributed by atoms with van der Waals surface area (Å²) in [6.45, 7) is 1.69. The van der Waals surface area contributed by atoms with Crippen molar-refractivity contribution in [3.8, 4) is 11.3 Å². The van der Waals surface area contributed by atoms with Crippen LogP contribution >= 0.6 is 15.9 Å². The van der Waals surface area contributed by atoms with Gasteiger partial charge in [-0.05, 0) is 72.7 Å². The van der Waals surface area contributed by atoms with Crippen LogP contribution in [0.25, 0.3) is 23.1 Å². The summed E-state index contributed by atoms with van der Waals surface area (Å²) >= 11 is 3.44. The van der Waals surface area contributed by atoms with E-state index in [1.165, 1.54) is 6.07 Å². The third-order valence-electron chi connectivity index (χ3n) is 5.51. The van der Waals surface area contributed by atoms with Gasteiger partial charge in [0.05, 0.1) is 5.70 Å². The third-order valence-corrected chi connectivity index (χ3v) is 6.03. The van der Waals surface area contributed by atoms with Gasteiger partial charge in [0.2, 0.25) is 0 Å². The molecule has 0 bridgehead atoms. The van der Waals surface area contributed by atoms with Gasteiger partial charge in [0.25, 0.3) is 5.91 Å². The first-order valence-corrected chi connectivity index (χ1v) is 11.2. The zero-order valence-electron chi connectivity index (χ0n) is 17.8. The highest BCUT2D eigenvalue weighted by Gasteiger charge is 2.31. The van der Waals surface area contributed by atoms with Crippen LogP contribution < -0.4 is 4.90 Å². The van der Waals surface area contributed by atoms with Crippen molar-refractivity contribution >= 4 is 39.3 Å². The SMILES string of the molecule is Cc1cc(N2C(=O)/C(=C/c3ccc(-c4ccc(Br)cc4)o3)C=C2c2ccccc2)ccc1F. The Labute approximate surface area is 199 Å². The van der Waals surface area contributed by atoms with Crippen molar-refractivity contribution in [3.63, 3.8) is 0 Å². The Kier molecular flexibility index (Phi) is 5.56. The van der Waals surface area contributed by atoms with Crippen molar-refractivity contribution in [1.82, 2.24) is 0 Å². The lowest BCUT2D eigenvalue weighted by Crippen LogP contribution is -2.25. The van der Waals surface area contributed by atoms with Crippen LogP contribution in [0.5, 0.6) is 0 Å². The first-order valence-electron chi connectivity index (χ1n) is 10.4. The van der Waals surface area contributed by atoms with Crippen molar-refractivity contribution in [2.24, 2.45) is 0 Å². The van der Waals surface area contributed by atoms with E-state index in [2.05, 4.69) is 15.9 Å². The summed E-state index contributed by atoms with van der Waals surface area (Å²) in [5, 5.41) is 0. The number of nitrogens with zero attached hydrogens (tertiary/aromatic N) is 1. The molecule has 5 rings (SSSR count). The fourth-order valence-corrected chi connectivity index (χ4v) is 4.08. The number of amides is 1. The standard InChI is InChI=1S/C28H19BrFNO2/c1-18-15-23(11-13-25(18)30)31-26(19-5-3-2-4-6-19)17-21(28(31)32)16-24-12-14-27(33-24)20-7-9-22(29)10-8-20/h2-17H,1H3/b21-16+. The van der Waals surface area contributed by atoms with Gasteiger partial charge in [-0.3, -0.25) is 9.69 Å². The van der Waals surface area contributed by atoms with E-state index in [1.54, 1.807) is 30.0 Å². The molecule has 1 aromatic heterocycles. The Balaban J connectivity index is 1.55. The van der Waals surface area contributed by atoms with E-state index in [0.29, 0.717) is 22.6 Å². The second kappa shape index (κ2) is 8.68. The number of carbonyl (C=O) groups is 1. The van der Waals surface area contributed by atoms with Gasteiger partial charge < -0.3 is 4.42 Å². The molecule has 0 saturated carbocycles.